The number of carbonyl (C=O) groups is 1. The molecule has 0 bridgehead atoms. The molecule has 0 radical (unpaired) electrons. The van der Waals surface area contributed by atoms with Crippen molar-refractivity contribution in [2.75, 3.05) is 0 Å². The van der Waals surface area contributed by atoms with Crippen LogP contribution in [0.25, 0.3) is 11.0 Å². The van der Waals surface area contributed by atoms with E-state index in [9.17, 15) is 14.4 Å². The van der Waals surface area contributed by atoms with Crippen molar-refractivity contribution >= 4 is 17.4 Å². The number of rotatable bonds is 1. The SMILES string of the molecule is Cn1c(=O)c2c(ccn2C=O)n(C)c1=O. The Balaban J connectivity index is 3.18. The van der Waals surface area contributed by atoms with Gasteiger partial charge in [0.05, 0.1) is 5.52 Å². The third-order valence-corrected chi connectivity index (χ3v) is 2.45. The summed E-state index contributed by atoms with van der Waals surface area (Å²) in [4.78, 5) is 33.9. The Bertz CT molecular complexity index is 660. The molecule has 0 N–H and O–H groups in total. The molecule has 0 spiro atoms. The first-order valence-corrected chi connectivity index (χ1v) is 4.29. The summed E-state index contributed by atoms with van der Waals surface area (Å²) in [5, 5.41) is 0. The van der Waals surface area contributed by atoms with E-state index in [1.165, 1.54) is 17.8 Å². The highest BCUT2D eigenvalue weighted by molar-refractivity contribution is 5.81. The van der Waals surface area contributed by atoms with E-state index in [0.717, 1.165) is 9.13 Å². The first-order chi connectivity index (χ1) is 7.07. The summed E-state index contributed by atoms with van der Waals surface area (Å²) < 4.78 is 3.47. The maximum absolute atomic E-state index is 11.7. The highest BCUT2D eigenvalue weighted by atomic mass is 16.2. The maximum Gasteiger partial charge on any atom is 0.331 e. The van der Waals surface area contributed by atoms with Crippen LogP contribution in [0.3, 0.4) is 0 Å². The molecule has 0 aliphatic rings. The van der Waals surface area contributed by atoms with Crippen molar-refractivity contribution in [3.63, 3.8) is 0 Å². The van der Waals surface area contributed by atoms with Crippen molar-refractivity contribution in [3.8, 4) is 0 Å². The number of aromatic nitrogens is 3. The van der Waals surface area contributed by atoms with E-state index in [1.54, 1.807) is 13.1 Å². The summed E-state index contributed by atoms with van der Waals surface area (Å²) in [5.74, 6) is 0. The van der Waals surface area contributed by atoms with Gasteiger partial charge in [0.2, 0.25) is 6.41 Å². The van der Waals surface area contributed by atoms with Gasteiger partial charge in [-0.05, 0) is 6.07 Å². The van der Waals surface area contributed by atoms with E-state index >= 15 is 0 Å². The molecule has 0 saturated heterocycles. The summed E-state index contributed by atoms with van der Waals surface area (Å²) in [6.45, 7) is 0. The van der Waals surface area contributed by atoms with Crippen LogP contribution in [0.2, 0.25) is 0 Å². The average molecular weight is 207 g/mol. The van der Waals surface area contributed by atoms with Gasteiger partial charge in [-0.3, -0.25) is 23.3 Å². The summed E-state index contributed by atoms with van der Waals surface area (Å²) >= 11 is 0. The zero-order valence-electron chi connectivity index (χ0n) is 8.30. The normalized spacial score (nSPS) is 10.8. The Hall–Kier alpha value is -2.11. The number of hydrogen-bond acceptors (Lipinski definition) is 3. The Morgan fingerprint density at radius 1 is 1.20 bits per heavy atom. The Kier molecular flexibility index (Phi) is 1.85. The van der Waals surface area contributed by atoms with E-state index < -0.39 is 11.2 Å². The standard InChI is InChI=1S/C9H9N3O3/c1-10-6-3-4-12(5-13)7(6)8(14)11(2)9(10)15/h3-5H,1-2H3. The Morgan fingerprint density at radius 3 is 2.47 bits per heavy atom. The third-order valence-electron chi connectivity index (χ3n) is 2.45. The van der Waals surface area contributed by atoms with Crippen molar-refractivity contribution in [1.82, 2.24) is 13.7 Å². The van der Waals surface area contributed by atoms with Gasteiger partial charge >= 0.3 is 5.69 Å². The minimum atomic E-state index is -0.467. The van der Waals surface area contributed by atoms with Crippen molar-refractivity contribution in [3.05, 3.63) is 33.1 Å². The van der Waals surface area contributed by atoms with Crippen LogP contribution < -0.4 is 11.2 Å². The van der Waals surface area contributed by atoms with Crippen molar-refractivity contribution in [2.24, 2.45) is 14.1 Å². The molecule has 0 atom stereocenters. The first-order valence-electron chi connectivity index (χ1n) is 4.29. The molecule has 78 valence electrons. The van der Waals surface area contributed by atoms with Crippen LogP contribution in [0.4, 0.5) is 0 Å². The van der Waals surface area contributed by atoms with Crippen LogP contribution in [0.1, 0.15) is 0 Å². The summed E-state index contributed by atoms with van der Waals surface area (Å²) in [5.41, 5.74) is -0.203. The largest absolute Gasteiger partial charge is 0.331 e. The quantitative estimate of drug-likeness (QED) is 0.568. The molecule has 0 aliphatic carbocycles. The number of aryl methyl sites for hydroxylation is 1. The molecule has 15 heavy (non-hydrogen) atoms. The van der Waals surface area contributed by atoms with Crippen LogP contribution in [-0.2, 0) is 18.9 Å². The number of hydrogen-bond donors (Lipinski definition) is 0. The Labute approximate surface area is 84.0 Å². The molecule has 0 saturated carbocycles. The van der Waals surface area contributed by atoms with Crippen LogP contribution in [0, 0.1) is 0 Å². The van der Waals surface area contributed by atoms with E-state index in [1.807, 2.05) is 0 Å². The van der Waals surface area contributed by atoms with Gasteiger partial charge in [0.15, 0.2) is 0 Å². The molecule has 2 heterocycles. The van der Waals surface area contributed by atoms with Gasteiger partial charge < -0.3 is 0 Å². The van der Waals surface area contributed by atoms with E-state index in [2.05, 4.69) is 0 Å². The minimum Gasteiger partial charge on any atom is -0.295 e. The summed E-state index contributed by atoms with van der Waals surface area (Å²) in [6, 6.07) is 1.56. The molecule has 2 aromatic heterocycles. The van der Waals surface area contributed by atoms with Gasteiger partial charge in [-0.25, -0.2) is 4.79 Å². The van der Waals surface area contributed by atoms with Gasteiger partial charge in [-0.2, -0.15) is 0 Å². The lowest BCUT2D eigenvalue weighted by molar-refractivity contribution is 0.548. The molecule has 2 aromatic rings. The van der Waals surface area contributed by atoms with Crippen molar-refractivity contribution < 1.29 is 4.79 Å². The molecule has 2 rings (SSSR count). The van der Waals surface area contributed by atoms with Gasteiger partial charge in [-0.1, -0.05) is 0 Å². The maximum atomic E-state index is 11.7. The molecular formula is C9H9N3O3. The fourth-order valence-electron chi connectivity index (χ4n) is 1.59. The zero-order valence-corrected chi connectivity index (χ0v) is 8.30. The molecule has 6 nitrogen and oxygen atoms in total. The third kappa shape index (κ3) is 1.08. The molecule has 0 amide bonds. The average Bonchev–Trinajstić information content (AvgIpc) is 2.67. The number of fused-ring (bicyclic) bond motifs is 1. The molecular weight excluding hydrogens is 198 g/mol. The number of nitrogens with zero attached hydrogens (tertiary/aromatic N) is 3. The predicted octanol–water partition coefficient (Wildman–Crippen LogP) is -0.923. The Morgan fingerprint density at radius 2 is 1.87 bits per heavy atom. The number of carbonyl (C=O) groups excluding carboxylic acids is 1. The topological polar surface area (TPSA) is 66.0 Å². The molecule has 0 unspecified atom stereocenters. The van der Waals surface area contributed by atoms with Gasteiger partial charge in [-0.15, -0.1) is 0 Å². The molecule has 0 aliphatic heterocycles. The van der Waals surface area contributed by atoms with Gasteiger partial charge in [0, 0.05) is 20.3 Å². The second-order valence-corrected chi connectivity index (χ2v) is 3.27. The zero-order chi connectivity index (χ0) is 11.2. The fourth-order valence-corrected chi connectivity index (χ4v) is 1.59. The second kappa shape index (κ2) is 2.94. The summed E-state index contributed by atoms with van der Waals surface area (Å²) in [7, 11) is 2.94. The highest BCUT2D eigenvalue weighted by Crippen LogP contribution is 2.06. The van der Waals surface area contributed by atoms with E-state index in [4.69, 9.17) is 0 Å². The van der Waals surface area contributed by atoms with Crippen molar-refractivity contribution in [1.29, 1.82) is 0 Å². The molecule has 0 fully saturated rings. The monoisotopic (exact) mass is 207 g/mol. The van der Waals surface area contributed by atoms with Gasteiger partial charge in [0.25, 0.3) is 5.56 Å². The van der Waals surface area contributed by atoms with E-state index in [0.29, 0.717) is 11.9 Å². The van der Waals surface area contributed by atoms with Gasteiger partial charge in [0.1, 0.15) is 5.52 Å². The van der Waals surface area contributed by atoms with Crippen LogP contribution >= 0.6 is 0 Å². The fraction of sp³-hybridized carbons (Fsp3) is 0.222. The highest BCUT2D eigenvalue weighted by Gasteiger charge is 2.11. The van der Waals surface area contributed by atoms with Crippen LogP contribution in [0.15, 0.2) is 21.9 Å². The lowest BCUT2D eigenvalue weighted by Crippen LogP contribution is -2.37. The smallest absolute Gasteiger partial charge is 0.295 e. The molecule has 6 heteroatoms. The van der Waals surface area contributed by atoms with Crippen LogP contribution in [0.5, 0.6) is 0 Å². The summed E-state index contributed by atoms with van der Waals surface area (Å²) in [6.07, 6.45) is 1.99. The second-order valence-electron chi connectivity index (χ2n) is 3.27. The first kappa shape index (κ1) is 9.45. The predicted molar refractivity (Wildman–Crippen MR) is 54.6 cm³/mol. The lowest BCUT2D eigenvalue weighted by Gasteiger charge is -2.03. The van der Waals surface area contributed by atoms with Crippen molar-refractivity contribution in [2.45, 2.75) is 0 Å². The minimum absolute atomic E-state index is 0.217. The molecule has 0 aromatic carbocycles. The lowest BCUT2D eigenvalue weighted by atomic mass is 10.4. The van der Waals surface area contributed by atoms with Crippen LogP contribution in [-0.4, -0.2) is 20.1 Å². The van der Waals surface area contributed by atoms with E-state index in [-0.39, 0.29) is 5.52 Å².